The molecule has 1 saturated heterocycles. The molecule has 13 heavy (non-hydrogen) atoms. The zero-order valence-corrected chi connectivity index (χ0v) is 6.78. The van der Waals surface area contributed by atoms with Crippen molar-refractivity contribution in [1.82, 2.24) is 26.5 Å². The fourth-order valence-electron chi connectivity index (χ4n) is 1.09. The standard InChI is InChI=1S/C6H9N5O2/c12-6(4-3-8-13-11-4)9-5-1-2-7-10-5/h3,5,7,10H,1-2H2,(H,9,12). The number of amides is 1. The molecule has 1 amide bonds. The summed E-state index contributed by atoms with van der Waals surface area (Å²) in [6.07, 6.45) is 2.07. The number of aromatic nitrogens is 2. The predicted molar refractivity (Wildman–Crippen MR) is 41.3 cm³/mol. The fraction of sp³-hybridized carbons (Fsp3) is 0.500. The Hall–Kier alpha value is -1.47. The molecule has 2 rings (SSSR count). The van der Waals surface area contributed by atoms with Crippen molar-refractivity contribution in [2.75, 3.05) is 6.54 Å². The number of carbonyl (C=O) groups excluding carboxylic acids is 1. The normalized spacial score (nSPS) is 21.7. The summed E-state index contributed by atoms with van der Waals surface area (Å²) in [5, 5.41) is 9.45. The van der Waals surface area contributed by atoms with Crippen molar-refractivity contribution < 1.29 is 9.42 Å². The summed E-state index contributed by atoms with van der Waals surface area (Å²) in [5.41, 5.74) is 5.98. The minimum Gasteiger partial charge on any atom is -0.334 e. The quantitative estimate of drug-likeness (QED) is 0.523. The number of hydrogen-bond donors (Lipinski definition) is 3. The third-order valence-corrected chi connectivity index (χ3v) is 1.73. The fourth-order valence-corrected chi connectivity index (χ4v) is 1.09. The number of hydrogen-bond acceptors (Lipinski definition) is 6. The van der Waals surface area contributed by atoms with Crippen LogP contribution in [-0.2, 0) is 0 Å². The number of rotatable bonds is 2. The molecule has 1 aromatic heterocycles. The first kappa shape index (κ1) is 8.14. The van der Waals surface area contributed by atoms with Crippen molar-refractivity contribution in [2.45, 2.75) is 12.6 Å². The van der Waals surface area contributed by atoms with Gasteiger partial charge >= 0.3 is 0 Å². The van der Waals surface area contributed by atoms with E-state index in [9.17, 15) is 4.79 Å². The van der Waals surface area contributed by atoms with Gasteiger partial charge in [0.2, 0.25) is 0 Å². The smallest absolute Gasteiger partial charge is 0.276 e. The van der Waals surface area contributed by atoms with Gasteiger partial charge in [0, 0.05) is 6.54 Å². The second-order valence-corrected chi connectivity index (χ2v) is 2.68. The monoisotopic (exact) mass is 183 g/mol. The molecule has 0 saturated carbocycles. The molecular formula is C6H9N5O2. The summed E-state index contributed by atoms with van der Waals surface area (Å²) in [6, 6.07) is 0. The maximum Gasteiger partial charge on any atom is 0.276 e. The lowest BCUT2D eigenvalue weighted by molar-refractivity contribution is 0.0922. The first-order valence-electron chi connectivity index (χ1n) is 3.93. The van der Waals surface area contributed by atoms with E-state index < -0.39 is 0 Å². The zero-order valence-electron chi connectivity index (χ0n) is 6.78. The van der Waals surface area contributed by atoms with Gasteiger partial charge in [-0.2, -0.15) is 0 Å². The van der Waals surface area contributed by atoms with Crippen LogP contribution in [0.15, 0.2) is 10.8 Å². The van der Waals surface area contributed by atoms with Crippen LogP contribution in [0.1, 0.15) is 16.9 Å². The highest BCUT2D eigenvalue weighted by Gasteiger charge is 2.18. The molecule has 1 aliphatic rings. The summed E-state index contributed by atoms with van der Waals surface area (Å²) in [6.45, 7) is 0.835. The molecule has 1 atom stereocenters. The first-order chi connectivity index (χ1) is 6.36. The van der Waals surface area contributed by atoms with E-state index in [0.29, 0.717) is 0 Å². The molecule has 1 aliphatic heterocycles. The molecule has 1 unspecified atom stereocenters. The third-order valence-electron chi connectivity index (χ3n) is 1.73. The highest BCUT2D eigenvalue weighted by atomic mass is 16.6. The van der Waals surface area contributed by atoms with Crippen molar-refractivity contribution in [3.05, 3.63) is 11.9 Å². The maximum absolute atomic E-state index is 11.3. The minimum absolute atomic E-state index is 0.0517. The van der Waals surface area contributed by atoms with Gasteiger partial charge in [-0.05, 0) is 11.6 Å². The molecule has 2 heterocycles. The lowest BCUT2D eigenvalue weighted by atomic mass is 10.3. The summed E-state index contributed by atoms with van der Waals surface area (Å²) >= 11 is 0. The van der Waals surface area contributed by atoms with Crippen LogP contribution in [0.3, 0.4) is 0 Å². The van der Waals surface area contributed by atoms with Gasteiger partial charge in [0.05, 0.1) is 6.17 Å². The molecule has 3 N–H and O–H groups in total. The lowest BCUT2D eigenvalue weighted by Gasteiger charge is -2.09. The topological polar surface area (TPSA) is 92.1 Å². The number of hydrazine groups is 1. The molecule has 0 aliphatic carbocycles. The summed E-state index contributed by atoms with van der Waals surface area (Å²) < 4.78 is 4.30. The molecule has 7 heteroatoms. The van der Waals surface area contributed by atoms with Crippen LogP contribution in [0.25, 0.3) is 0 Å². The SMILES string of the molecule is O=C(NC1CCNN1)c1cnon1. The van der Waals surface area contributed by atoms with E-state index in [1.807, 2.05) is 0 Å². The Morgan fingerprint density at radius 1 is 1.77 bits per heavy atom. The van der Waals surface area contributed by atoms with Crippen LogP contribution in [0, 0.1) is 0 Å². The van der Waals surface area contributed by atoms with Gasteiger partial charge in [0.25, 0.3) is 5.91 Å². The van der Waals surface area contributed by atoms with Crippen molar-refractivity contribution in [1.29, 1.82) is 0 Å². The van der Waals surface area contributed by atoms with E-state index in [0.717, 1.165) is 13.0 Å². The van der Waals surface area contributed by atoms with Crippen LogP contribution in [-0.4, -0.2) is 28.9 Å². The molecule has 70 valence electrons. The van der Waals surface area contributed by atoms with Gasteiger partial charge < -0.3 is 5.32 Å². The minimum atomic E-state index is -0.289. The first-order valence-corrected chi connectivity index (χ1v) is 3.93. The molecule has 1 fully saturated rings. The van der Waals surface area contributed by atoms with Gasteiger partial charge in [-0.25, -0.2) is 10.1 Å². The molecule has 0 aromatic carbocycles. The van der Waals surface area contributed by atoms with Gasteiger partial charge in [-0.1, -0.05) is 5.16 Å². The number of nitrogens with zero attached hydrogens (tertiary/aromatic N) is 2. The van der Waals surface area contributed by atoms with Crippen molar-refractivity contribution in [3.63, 3.8) is 0 Å². The lowest BCUT2D eigenvalue weighted by Crippen LogP contribution is -2.44. The van der Waals surface area contributed by atoms with Crippen LogP contribution in [0.4, 0.5) is 0 Å². The van der Waals surface area contributed by atoms with Crippen LogP contribution in [0.5, 0.6) is 0 Å². The summed E-state index contributed by atoms with van der Waals surface area (Å²) in [4.78, 5) is 11.3. The van der Waals surface area contributed by atoms with Gasteiger partial charge in [0.15, 0.2) is 5.69 Å². The van der Waals surface area contributed by atoms with E-state index in [1.54, 1.807) is 0 Å². The molecular weight excluding hydrogens is 174 g/mol. The second-order valence-electron chi connectivity index (χ2n) is 2.68. The Morgan fingerprint density at radius 3 is 3.31 bits per heavy atom. The summed E-state index contributed by atoms with van der Waals surface area (Å²) in [7, 11) is 0. The van der Waals surface area contributed by atoms with E-state index >= 15 is 0 Å². The highest BCUT2D eigenvalue weighted by Crippen LogP contribution is 1.95. The Bertz CT molecular complexity index is 279. The Labute approximate surface area is 73.8 Å². The molecule has 0 radical (unpaired) electrons. The van der Waals surface area contributed by atoms with Crippen LogP contribution < -0.4 is 16.2 Å². The van der Waals surface area contributed by atoms with E-state index in [2.05, 4.69) is 31.1 Å². The maximum atomic E-state index is 11.3. The third kappa shape index (κ3) is 1.82. The van der Waals surface area contributed by atoms with Gasteiger partial charge in [-0.15, -0.1) is 0 Å². The van der Waals surface area contributed by atoms with Gasteiger partial charge in [0.1, 0.15) is 6.20 Å². The Balaban J connectivity index is 1.91. The van der Waals surface area contributed by atoms with Crippen LogP contribution in [0.2, 0.25) is 0 Å². The summed E-state index contributed by atoms with van der Waals surface area (Å²) in [5.74, 6) is -0.289. The van der Waals surface area contributed by atoms with Crippen molar-refractivity contribution in [2.24, 2.45) is 0 Å². The molecule has 0 spiro atoms. The van der Waals surface area contributed by atoms with E-state index in [1.165, 1.54) is 6.20 Å². The molecule has 0 bridgehead atoms. The van der Waals surface area contributed by atoms with E-state index in [-0.39, 0.29) is 17.8 Å². The van der Waals surface area contributed by atoms with Crippen molar-refractivity contribution in [3.8, 4) is 0 Å². The zero-order chi connectivity index (χ0) is 9.10. The predicted octanol–water partition coefficient (Wildman–Crippen LogP) is -1.38. The Kier molecular flexibility index (Phi) is 2.19. The largest absolute Gasteiger partial charge is 0.334 e. The second kappa shape index (κ2) is 3.50. The number of carbonyl (C=O) groups is 1. The highest BCUT2D eigenvalue weighted by molar-refractivity contribution is 5.91. The van der Waals surface area contributed by atoms with E-state index in [4.69, 9.17) is 0 Å². The average Bonchev–Trinajstić information content (AvgIpc) is 2.74. The van der Waals surface area contributed by atoms with Crippen LogP contribution >= 0.6 is 0 Å². The number of nitrogens with one attached hydrogen (secondary N) is 3. The molecule has 7 nitrogen and oxygen atoms in total. The molecule has 1 aromatic rings. The van der Waals surface area contributed by atoms with Crippen molar-refractivity contribution >= 4 is 5.91 Å². The van der Waals surface area contributed by atoms with Gasteiger partial charge in [-0.3, -0.25) is 10.2 Å². The Morgan fingerprint density at radius 2 is 2.69 bits per heavy atom. The average molecular weight is 183 g/mol.